The highest BCUT2D eigenvalue weighted by molar-refractivity contribution is 5.98. The SMILES string of the molecule is CCOc1ccccc1C(=O)NCC(=O)OCC(=O)N(C)Cc1ccc(C)cc1. The molecule has 2 rings (SSSR count). The molecule has 2 aromatic rings. The number of para-hydroxylation sites is 1. The first-order chi connectivity index (χ1) is 13.9. The van der Waals surface area contributed by atoms with E-state index in [4.69, 9.17) is 9.47 Å². The van der Waals surface area contributed by atoms with Crippen LogP contribution < -0.4 is 10.1 Å². The highest BCUT2D eigenvalue weighted by atomic mass is 16.5. The van der Waals surface area contributed by atoms with Crippen molar-refractivity contribution in [3.05, 3.63) is 65.2 Å². The van der Waals surface area contributed by atoms with Gasteiger partial charge in [0.2, 0.25) is 0 Å². The van der Waals surface area contributed by atoms with Crippen molar-refractivity contribution in [3.8, 4) is 5.75 Å². The minimum Gasteiger partial charge on any atom is -0.493 e. The maximum atomic E-state index is 12.2. The van der Waals surface area contributed by atoms with Crippen molar-refractivity contribution in [2.75, 3.05) is 26.8 Å². The molecule has 2 aromatic carbocycles. The second kappa shape index (κ2) is 10.8. The molecule has 0 heterocycles. The average molecular weight is 398 g/mol. The van der Waals surface area contributed by atoms with Crippen LogP contribution in [0.15, 0.2) is 48.5 Å². The van der Waals surface area contributed by atoms with Gasteiger partial charge in [0, 0.05) is 13.6 Å². The van der Waals surface area contributed by atoms with Gasteiger partial charge in [0.1, 0.15) is 12.3 Å². The standard InChI is InChI=1S/C22H26N2O5/c1-4-28-19-8-6-5-7-18(19)22(27)23-13-21(26)29-15-20(25)24(3)14-17-11-9-16(2)10-12-17/h5-12H,4,13-15H2,1-3H3,(H,23,27). The number of hydrogen-bond acceptors (Lipinski definition) is 5. The Hall–Kier alpha value is -3.35. The van der Waals surface area contributed by atoms with Gasteiger partial charge in [-0.05, 0) is 31.5 Å². The summed E-state index contributed by atoms with van der Waals surface area (Å²) in [6.07, 6.45) is 0. The van der Waals surface area contributed by atoms with E-state index in [0.29, 0.717) is 24.5 Å². The molecule has 29 heavy (non-hydrogen) atoms. The fraction of sp³-hybridized carbons (Fsp3) is 0.318. The predicted molar refractivity (Wildman–Crippen MR) is 109 cm³/mol. The van der Waals surface area contributed by atoms with Crippen LogP contribution in [0.5, 0.6) is 5.75 Å². The molecule has 2 amide bonds. The van der Waals surface area contributed by atoms with Gasteiger partial charge in [-0.1, -0.05) is 42.0 Å². The van der Waals surface area contributed by atoms with Crippen molar-refractivity contribution < 1.29 is 23.9 Å². The molecule has 154 valence electrons. The lowest BCUT2D eigenvalue weighted by atomic mass is 10.1. The molecule has 0 unspecified atom stereocenters. The monoisotopic (exact) mass is 398 g/mol. The lowest BCUT2D eigenvalue weighted by molar-refractivity contribution is -0.150. The number of benzene rings is 2. The van der Waals surface area contributed by atoms with Crippen LogP contribution in [0.25, 0.3) is 0 Å². The zero-order chi connectivity index (χ0) is 21.2. The summed E-state index contributed by atoms with van der Waals surface area (Å²) in [6, 6.07) is 14.6. The van der Waals surface area contributed by atoms with Crippen molar-refractivity contribution in [3.63, 3.8) is 0 Å². The molecule has 7 nitrogen and oxygen atoms in total. The summed E-state index contributed by atoms with van der Waals surface area (Å²) in [5, 5.41) is 2.48. The normalized spacial score (nSPS) is 10.2. The van der Waals surface area contributed by atoms with E-state index in [2.05, 4.69) is 5.32 Å². The van der Waals surface area contributed by atoms with Crippen LogP contribution >= 0.6 is 0 Å². The van der Waals surface area contributed by atoms with E-state index >= 15 is 0 Å². The van der Waals surface area contributed by atoms with Crippen LogP contribution in [-0.2, 0) is 20.9 Å². The third-order valence-electron chi connectivity index (χ3n) is 4.15. The predicted octanol–water partition coefficient (Wildman–Crippen LogP) is 2.33. The number of carbonyl (C=O) groups is 3. The Balaban J connectivity index is 1.77. The van der Waals surface area contributed by atoms with Crippen LogP contribution in [0.1, 0.15) is 28.4 Å². The Labute approximate surface area is 170 Å². The molecule has 0 saturated heterocycles. The fourth-order valence-electron chi connectivity index (χ4n) is 2.54. The second-order valence-electron chi connectivity index (χ2n) is 6.51. The minimum absolute atomic E-state index is 0.327. The van der Waals surface area contributed by atoms with Crippen molar-refractivity contribution in [1.29, 1.82) is 0 Å². The van der Waals surface area contributed by atoms with Crippen molar-refractivity contribution in [2.24, 2.45) is 0 Å². The van der Waals surface area contributed by atoms with E-state index in [1.165, 1.54) is 4.90 Å². The fourth-order valence-corrected chi connectivity index (χ4v) is 2.54. The van der Waals surface area contributed by atoms with E-state index in [0.717, 1.165) is 11.1 Å². The average Bonchev–Trinajstić information content (AvgIpc) is 2.72. The van der Waals surface area contributed by atoms with E-state index in [9.17, 15) is 14.4 Å². The largest absolute Gasteiger partial charge is 0.493 e. The van der Waals surface area contributed by atoms with Gasteiger partial charge in [-0.15, -0.1) is 0 Å². The Morgan fingerprint density at radius 3 is 2.41 bits per heavy atom. The lowest BCUT2D eigenvalue weighted by Gasteiger charge is -2.17. The second-order valence-corrected chi connectivity index (χ2v) is 6.51. The number of esters is 1. The molecule has 1 N–H and O–H groups in total. The Bertz CT molecular complexity index is 849. The molecule has 0 saturated carbocycles. The number of aryl methyl sites for hydroxylation is 1. The molecular formula is C22H26N2O5. The van der Waals surface area contributed by atoms with Crippen molar-refractivity contribution in [2.45, 2.75) is 20.4 Å². The molecule has 0 fully saturated rings. The summed E-state index contributed by atoms with van der Waals surface area (Å²) in [7, 11) is 1.64. The number of nitrogens with zero attached hydrogens (tertiary/aromatic N) is 1. The minimum atomic E-state index is -0.690. The molecule has 0 spiro atoms. The van der Waals surface area contributed by atoms with Crippen LogP contribution in [0.4, 0.5) is 0 Å². The van der Waals surface area contributed by atoms with Crippen LogP contribution in [0.2, 0.25) is 0 Å². The zero-order valence-electron chi connectivity index (χ0n) is 16.9. The van der Waals surface area contributed by atoms with E-state index in [1.54, 1.807) is 31.3 Å². The Kier molecular flexibility index (Phi) is 8.21. The summed E-state index contributed by atoms with van der Waals surface area (Å²) in [6.45, 7) is 3.93. The summed E-state index contributed by atoms with van der Waals surface area (Å²) in [4.78, 5) is 37.7. The van der Waals surface area contributed by atoms with Gasteiger partial charge in [-0.2, -0.15) is 0 Å². The quantitative estimate of drug-likeness (QED) is 0.656. The molecule has 0 atom stereocenters. The zero-order valence-corrected chi connectivity index (χ0v) is 16.9. The van der Waals surface area contributed by atoms with Crippen molar-refractivity contribution >= 4 is 17.8 Å². The van der Waals surface area contributed by atoms with E-state index in [1.807, 2.05) is 38.1 Å². The molecule has 0 aliphatic carbocycles. The number of hydrogen-bond donors (Lipinski definition) is 1. The smallest absolute Gasteiger partial charge is 0.325 e. The lowest BCUT2D eigenvalue weighted by Crippen LogP contribution is -2.34. The van der Waals surface area contributed by atoms with Gasteiger partial charge in [0.25, 0.3) is 11.8 Å². The summed E-state index contributed by atoms with van der Waals surface area (Å²) in [5.74, 6) is -1.03. The first-order valence-electron chi connectivity index (χ1n) is 9.36. The topological polar surface area (TPSA) is 84.9 Å². The van der Waals surface area contributed by atoms with Crippen LogP contribution in [-0.4, -0.2) is 49.5 Å². The van der Waals surface area contributed by atoms with E-state index < -0.39 is 11.9 Å². The number of amides is 2. The Morgan fingerprint density at radius 1 is 1.03 bits per heavy atom. The Morgan fingerprint density at radius 2 is 1.72 bits per heavy atom. The van der Waals surface area contributed by atoms with Crippen LogP contribution in [0, 0.1) is 6.92 Å². The van der Waals surface area contributed by atoms with Crippen molar-refractivity contribution in [1.82, 2.24) is 10.2 Å². The van der Waals surface area contributed by atoms with E-state index in [-0.39, 0.29) is 19.1 Å². The molecule has 0 radical (unpaired) electrons. The van der Waals surface area contributed by atoms with Gasteiger partial charge < -0.3 is 19.7 Å². The number of nitrogens with one attached hydrogen (secondary N) is 1. The van der Waals surface area contributed by atoms with Gasteiger partial charge in [0.15, 0.2) is 6.61 Å². The third kappa shape index (κ3) is 6.95. The molecule has 0 aliphatic rings. The summed E-state index contributed by atoms with van der Waals surface area (Å²) < 4.78 is 10.4. The maximum Gasteiger partial charge on any atom is 0.325 e. The summed E-state index contributed by atoms with van der Waals surface area (Å²) >= 11 is 0. The van der Waals surface area contributed by atoms with Gasteiger partial charge in [-0.25, -0.2) is 0 Å². The molecule has 0 aromatic heterocycles. The highest BCUT2D eigenvalue weighted by Gasteiger charge is 2.15. The third-order valence-corrected chi connectivity index (χ3v) is 4.15. The first-order valence-corrected chi connectivity index (χ1v) is 9.36. The maximum absolute atomic E-state index is 12.2. The summed E-state index contributed by atoms with van der Waals surface area (Å²) in [5.41, 5.74) is 2.46. The first kappa shape index (κ1) is 21.9. The molecular weight excluding hydrogens is 372 g/mol. The number of carbonyl (C=O) groups excluding carboxylic acids is 3. The molecule has 7 heteroatoms. The number of likely N-dealkylation sites (N-methyl/N-ethyl adjacent to an activating group) is 1. The van der Waals surface area contributed by atoms with Gasteiger partial charge in [-0.3, -0.25) is 14.4 Å². The van der Waals surface area contributed by atoms with Gasteiger partial charge >= 0.3 is 5.97 Å². The molecule has 0 bridgehead atoms. The number of ether oxygens (including phenoxy) is 2. The van der Waals surface area contributed by atoms with Gasteiger partial charge in [0.05, 0.1) is 12.2 Å². The molecule has 0 aliphatic heterocycles. The number of rotatable bonds is 9. The van der Waals surface area contributed by atoms with Crippen LogP contribution in [0.3, 0.4) is 0 Å². The highest BCUT2D eigenvalue weighted by Crippen LogP contribution is 2.17.